The largest absolute Gasteiger partial charge is 0.395 e. The number of hydrogen-bond donors (Lipinski definition) is 2. The van der Waals surface area contributed by atoms with E-state index in [-0.39, 0.29) is 19.1 Å². The smallest absolute Gasteiger partial charge is 0.219 e. The monoisotopic (exact) mass is 313 g/mol. The van der Waals surface area contributed by atoms with Crippen LogP contribution in [0.1, 0.15) is 32.6 Å². The highest BCUT2D eigenvalue weighted by atomic mass is 16.3. The third kappa shape index (κ3) is 4.65. The third-order valence-corrected chi connectivity index (χ3v) is 5.22. The van der Waals surface area contributed by atoms with Crippen LogP contribution in [-0.4, -0.2) is 95.4 Å². The molecule has 6 heteroatoms. The summed E-state index contributed by atoms with van der Waals surface area (Å²) in [5.74, 6) is 0.195. The minimum atomic E-state index is 0.156. The van der Waals surface area contributed by atoms with E-state index in [0.29, 0.717) is 25.2 Å². The summed E-state index contributed by atoms with van der Waals surface area (Å²) in [5.41, 5.74) is 0. The molecule has 0 aromatic heterocycles. The van der Waals surface area contributed by atoms with Crippen molar-refractivity contribution in [2.75, 3.05) is 52.5 Å². The first kappa shape index (κ1) is 17.7. The van der Waals surface area contributed by atoms with Crippen molar-refractivity contribution < 1.29 is 15.0 Å². The zero-order valence-electron chi connectivity index (χ0n) is 13.8. The number of hydrogen-bond acceptors (Lipinski definition) is 5. The first-order chi connectivity index (χ1) is 10.7. The van der Waals surface area contributed by atoms with Crippen LogP contribution in [-0.2, 0) is 4.79 Å². The minimum absolute atomic E-state index is 0.156. The average molecular weight is 313 g/mol. The number of likely N-dealkylation sites (tertiary alicyclic amines) is 2. The van der Waals surface area contributed by atoms with Gasteiger partial charge in [0.05, 0.1) is 13.2 Å². The van der Waals surface area contributed by atoms with Gasteiger partial charge < -0.3 is 20.0 Å². The summed E-state index contributed by atoms with van der Waals surface area (Å²) in [4.78, 5) is 18.1. The van der Waals surface area contributed by atoms with Crippen molar-refractivity contribution in [3.63, 3.8) is 0 Å². The number of carbonyl (C=O) groups excluding carboxylic acids is 1. The molecule has 0 aliphatic carbocycles. The highest BCUT2D eigenvalue weighted by Gasteiger charge is 2.30. The Hall–Kier alpha value is -0.690. The molecule has 0 radical (unpaired) electrons. The predicted molar refractivity (Wildman–Crippen MR) is 85.6 cm³/mol. The number of nitrogens with zero attached hydrogens (tertiary/aromatic N) is 3. The van der Waals surface area contributed by atoms with E-state index in [0.717, 1.165) is 51.9 Å². The molecule has 0 spiro atoms. The van der Waals surface area contributed by atoms with Crippen molar-refractivity contribution in [3.8, 4) is 0 Å². The molecule has 1 amide bonds. The molecule has 2 heterocycles. The van der Waals surface area contributed by atoms with Crippen LogP contribution in [0, 0.1) is 0 Å². The fourth-order valence-electron chi connectivity index (χ4n) is 3.90. The van der Waals surface area contributed by atoms with Gasteiger partial charge in [-0.05, 0) is 38.8 Å². The average Bonchev–Trinajstić information content (AvgIpc) is 2.55. The van der Waals surface area contributed by atoms with Gasteiger partial charge in [-0.2, -0.15) is 0 Å². The predicted octanol–water partition coefficient (Wildman–Crippen LogP) is -0.252. The fraction of sp³-hybridized carbons (Fsp3) is 0.938. The first-order valence-electron chi connectivity index (χ1n) is 8.61. The van der Waals surface area contributed by atoms with Crippen molar-refractivity contribution in [2.45, 2.75) is 44.7 Å². The van der Waals surface area contributed by atoms with Crippen LogP contribution in [0.5, 0.6) is 0 Å². The zero-order valence-corrected chi connectivity index (χ0v) is 13.8. The molecule has 0 bridgehead atoms. The maximum atomic E-state index is 11.4. The van der Waals surface area contributed by atoms with Crippen LogP contribution in [0.4, 0.5) is 0 Å². The van der Waals surface area contributed by atoms with Crippen molar-refractivity contribution in [1.82, 2.24) is 14.7 Å². The number of aliphatic hydroxyl groups is 2. The number of piperidine rings is 2. The second-order valence-electron chi connectivity index (χ2n) is 6.49. The van der Waals surface area contributed by atoms with Crippen LogP contribution in [0.15, 0.2) is 0 Å². The van der Waals surface area contributed by atoms with Gasteiger partial charge in [-0.1, -0.05) is 0 Å². The molecule has 0 aromatic rings. The van der Waals surface area contributed by atoms with Crippen molar-refractivity contribution >= 4 is 5.91 Å². The lowest BCUT2D eigenvalue weighted by Crippen LogP contribution is -2.52. The molecule has 0 unspecified atom stereocenters. The Kier molecular flexibility index (Phi) is 7.08. The Bertz CT molecular complexity index is 332. The van der Waals surface area contributed by atoms with Gasteiger partial charge in [-0.25, -0.2) is 0 Å². The Morgan fingerprint density at radius 2 is 1.55 bits per heavy atom. The highest BCUT2D eigenvalue weighted by Crippen LogP contribution is 2.23. The summed E-state index contributed by atoms with van der Waals surface area (Å²) in [6.45, 7) is 7.23. The molecular formula is C16H31N3O3. The summed E-state index contributed by atoms with van der Waals surface area (Å²) in [7, 11) is 0. The summed E-state index contributed by atoms with van der Waals surface area (Å²) in [5, 5.41) is 18.3. The molecule has 0 aromatic carbocycles. The number of rotatable bonds is 6. The molecule has 2 aliphatic heterocycles. The van der Waals surface area contributed by atoms with E-state index in [2.05, 4.69) is 9.80 Å². The number of amides is 1. The Morgan fingerprint density at radius 3 is 2.00 bits per heavy atom. The summed E-state index contributed by atoms with van der Waals surface area (Å²) in [6, 6.07) is 1.09. The van der Waals surface area contributed by atoms with E-state index in [4.69, 9.17) is 10.2 Å². The lowest BCUT2D eigenvalue weighted by Gasteiger charge is -2.43. The van der Waals surface area contributed by atoms with Gasteiger partial charge in [-0.3, -0.25) is 9.69 Å². The van der Waals surface area contributed by atoms with Gasteiger partial charge in [0.2, 0.25) is 5.91 Å². The Balaban J connectivity index is 1.76. The summed E-state index contributed by atoms with van der Waals surface area (Å²) in [6.07, 6.45) is 4.38. The third-order valence-electron chi connectivity index (χ3n) is 5.22. The SMILES string of the molecule is CC(=O)N1CCC(N2CCC(N(CCO)CCO)CC2)CC1. The maximum Gasteiger partial charge on any atom is 0.219 e. The van der Waals surface area contributed by atoms with E-state index in [1.165, 1.54) is 0 Å². The molecule has 2 aliphatic rings. The number of aliphatic hydroxyl groups excluding tert-OH is 2. The van der Waals surface area contributed by atoms with Gasteiger partial charge >= 0.3 is 0 Å². The molecule has 0 saturated carbocycles. The van der Waals surface area contributed by atoms with Gasteiger partial charge in [0.15, 0.2) is 0 Å². The van der Waals surface area contributed by atoms with Crippen LogP contribution in [0.2, 0.25) is 0 Å². The molecular weight excluding hydrogens is 282 g/mol. The normalized spacial score (nSPS) is 22.5. The highest BCUT2D eigenvalue weighted by molar-refractivity contribution is 5.73. The van der Waals surface area contributed by atoms with Crippen LogP contribution in [0.3, 0.4) is 0 Å². The van der Waals surface area contributed by atoms with Crippen molar-refractivity contribution in [3.05, 3.63) is 0 Å². The van der Waals surface area contributed by atoms with E-state index in [9.17, 15) is 4.79 Å². The minimum Gasteiger partial charge on any atom is -0.395 e. The van der Waals surface area contributed by atoms with E-state index < -0.39 is 0 Å². The van der Waals surface area contributed by atoms with E-state index in [1.54, 1.807) is 6.92 Å². The number of carbonyl (C=O) groups is 1. The van der Waals surface area contributed by atoms with Crippen LogP contribution in [0.25, 0.3) is 0 Å². The molecule has 128 valence electrons. The van der Waals surface area contributed by atoms with Crippen LogP contribution >= 0.6 is 0 Å². The summed E-state index contributed by atoms with van der Waals surface area (Å²) >= 11 is 0. The van der Waals surface area contributed by atoms with E-state index >= 15 is 0 Å². The fourth-order valence-corrected chi connectivity index (χ4v) is 3.90. The molecule has 0 atom stereocenters. The molecule has 6 nitrogen and oxygen atoms in total. The molecule has 2 rings (SSSR count). The maximum absolute atomic E-state index is 11.4. The lowest BCUT2D eigenvalue weighted by atomic mass is 9.97. The van der Waals surface area contributed by atoms with Crippen molar-refractivity contribution in [2.24, 2.45) is 0 Å². The van der Waals surface area contributed by atoms with Gasteiger partial charge in [0.1, 0.15) is 0 Å². The molecule has 22 heavy (non-hydrogen) atoms. The van der Waals surface area contributed by atoms with Gasteiger partial charge in [0.25, 0.3) is 0 Å². The van der Waals surface area contributed by atoms with Gasteiger partial charge in [0, 0.05) is 45.2 Å². The second-order valence-corrected chi connectivity index (χ2v) is 6.49. The standard InChI is InChI=1S/C16H31N3O3/c1-14(22)17-6-2-15(3-7-17)18-8-4-16(5-9-18)19(10-12-20)11-13-21/h15-16,20-21H,2-13H2,1H3. The zero-order chi connectivity index (χ0) is 15.9. The van der Waals surface area contributed by atoms with Gasteiger partial charge in [-0.15, -0.1) is 0 Å². The van der Waals surface area contributed by atoms with Crippen LogP contribution < -0.4 is 0 Å². The second kappa shape index (κ2) is 8.82. The first-order valence-corrected chi connectivity index (χ1v) is 8.61. The topological polar surface area (TPSA) is 67.3 Å². The summed E-state index contributed by atoms with van der Waals surface area (Å²) < 4.78 is 0. The lowest BCUT2D eigenvalue weighted by molar-refractivity contribution is -0.130. The molecule has 2 saturated heterocycles. The van der Waals surface area contributed by atoms with Crippen molar-refractivity contribution in [1.29, 1.82) is 0 Å². The Labute approximate surface area is 133 Å². The van der Waals surface area contributed by atoms with E-state index in [1.807, 2.05) is 4.90 Å². The molecule has 2 N–H and O–H groups in total. The Morgan fingerprint density at radius 1 is 1.00 bits per heavy atom. The quantitative estimate of drug-likeness (QED) is 0.708. The molecule has 2 fully saturated rings.